The maximum atomic E-state index is 12.7. The highest BCUT2D eigenvalue weighted by Gasteiger charge is 2.14. The molecule has 3 aromatic rings. The summed E-state index contributed by atoms with van der Waals surface area (Å²) >= 11 is 0. The van der Waals surface area contributed by atoms with Gasteiger partial charge in [-0.25, -0.2) is 0 Å². The first-order chi connectivity index (χ1) is 13.8. The molecule has 1 heterocycles. The van der Waals surface area contributed by atoms with Crippen molar-refractivity contribution in [2.45, 2.75) is 34.6 Å². The average molecular weight is 383 g/mol. The monoisotopic (exact) mass is 383 g/mol. The van der Waals surface area contributed by atoms with Crippen molar-refractivity contribution in [2.75, 3.05) is 5.32 Å². The fourth-order valence-corrected chi connectivity index (χ4v) is 3.47. The highest BCUT2D eigenvalue weighted by molar-refractivity contribution is 6.10. The van der Waals surface area contributed by atoms with Crippen LogP contribution in [0.5, 0.6) is 0 Å². The van der Waals surface area contributed by atoms with Crippen LogP contribution >= 0.6 is 0 Å². The number of benzene rings is 2. The first-order valence-electron chi connectivity index (χ1n) is 9.56. The SMILES string of the molecule is Cc1ccc(-n2c(C)cc(/C=C(\C#N)C(=O)Nc3ccc(C)cc3C)c2C)cc1. The fourth-order valence-electron chi connectivity index (χ4n) is 3.47. The predicted molar refractivity (Wildman–Crippen MR) is 118 cm³/mol. The molecule has 1 N–H and O–H groups in total. The standard InChI is InChI=1S/C25H25N3O/c1-16-6-9-23(10-7-16)28-19(4)13-21(20(28)5)14-22(15-26)25(29)27-24-11-8-17(2)12-18(24)3/h6-14H,1-5H3,(H,27,29)/b22-14+. The molecule has 0 atom stereocenters. The summed E-state index contributed by atoms with van der Waals surface area (Å²) in [5.41, 5.74) is 8.03. The molecule has 0 unspecified atom stereocenters. The topological polar surface area (TPSA) is 57.8 Å². The van der Waals surface area contributed by atoms with Gasteiger partial charge in [-0.15, -0.1) is 0 Å². The molecule has 0 aliphatic rings. The van der Waals surface area contributed by atoms with Crippen LogP contribution in [-0.4, -0.2) is 10.5 Å². The third-order valence-corrected chi connectivity index (χ3v) is 5.06. The van der Waals surface area contributed by atoms with Gasteiger partial charge in [0.15, 0.2) is 0 Å². The summed E-state index contributed by atoms with van der Waals surface area (Å²) in [6.07, 6.45) is 1.66. The Balaban J connectivity index is 1.93. The third kappa shape index (κ3) is 4.30. The Bertz CT molecular complexity index is 1140. The molecule has 1 amide bonds. The lowest BCUT2D eigenvalue weighted by Gasteiger charge is -2.10. The van der Waals surface area contributed by atoms with Crippen LogP contribution in [0.1, 0.15) is 33.6 Å². The van der Waals surface area contributed by atoms with Gasteiger partial charge in [0.2, 0.25) is 0 Å². The van der Waals surface area contributed by atoms with Crippen molar-refractivity contribution >= 4 is 17.7 Å². The van der Waals surface area contributed by atoms with Crippen molar-refractivity contribution in [3.8, 4) is 11.8 Å². The van der Waals surface area contributed by atoms with Gasteiger partial charge in [0.25, 0.3) is 5.91 Å². The molecule has 2 aromatic carbocycles. The minimum Gasteiger partial charge on any atom is -0.321 e. The van der Waals surface area contributed by atoms with Crippen molar-refractivity contribution in [3.05, 3.63) is 87.7 Å². The number of carbonyl (C=O) groups excluding carboxylic acids is 1. The van der Waals surface area contributed by atoms with Gasteiger partial charge >= 0.3 is 0 Å². The number of aromatic nitrogens is 1. The number of anilines is 1. The van der Waals surface area contributed by atoms with E-state index in [1.807, 2.05) is 58.0 Å². The minimum atomic E-state index is -0.403. The number of nitrogens with one attached hydrogen (secondary N) is 1. The van der Waals surface area contributed by atoms with Crippen LogP contribution < -0.4 is 5.32 Å². The van der Waals surface area contributed by atoms with E-state index in [-0.39, 0.29) is 5.57 Å². The Morgan fingerprint density at radius 1 is 0.966 bits per heavy atom. The lowest BCUT2D eigenvalue weighted by Crippen LogP contribution is -2.14. The largest absolute Gasteiger partial charge is 0.321 e. The van der Waals surface area contributed by atoms with Gasteiger partial charge in [0.05, 0.1) is 0 Å². The molecular formula is C25H25N3O. The lowest BCUT2D eigenvalue weighted by molar-refractivity contribution is -0.112. The first kappa shape index (κ1) is 20.2. The zero-order valence-corrected chi connectivity index (χ0v) is 17.5. The molecule has 0 radical (unpaired) electrons. The summed E-state index contributed by atoms with van der Waals surface area (Å²) in [7, 11) is 0. The van der Waals surface area contributed by atoms with Crippen LogP contribution in [0.15, 0.2) is 54.1 Å². The Hall–Kier alpha value is -3.58. The van der Waals surface area contributed by atoms with Crippen molar-refractivity contribution in [2.24, 2.45) is 0 Å². The average Bonchev–Trinajstić information content (AvgIpc) is 2.96. The van der Waals surface area contributed by atoms with E-state index in [9.17, 15) is 10.1 Å². The van der Waals surface area contributed by atoms with Crippen LogP contribution in [0.2, 0.25) is 0 Å². The summed E-state index contributed by atoms with van der Waals surface area (Å²) in [6, 6.07) is 18.1. The number of amides is 1. The summed E-state index contributed by atoms with van der Waals surface area (Å²) in [5.74, 6) is -0.403. The fraction of sp³-hybridized carbons (Fsp3) is 0.200. The number of hydrogen-bond acceptors (Lipinski definition) is 2. The smallest absolute Gasteiger partial charge is 0.266 e. The Labute approximate surface area is 172 Å². The van der Waals surface area contributed by atoms with Crippen LogP contribution in [0.25, 0.3) is 11.8 Å². The predicted octanol–water partition coefficient (Wildman–Crippen LogP) is 5.57. The molecule has 146 valence electrons. The molecule has 0 spiro atoms. The second-order valence-electron chi connectivity index (χ2n) is 7.44. The molecule has 0 saturated heterocycles. The van der Waals surface area contributed by atoms with Gasteiger partial charge in [-0.05, 0) is 76.1 Å². The molecule has 0 aliphatic carbocycles. The minimum absolute atomic E-state index is 0.0779. The summed E-state index contributed by atoms with van der Waals surface area (Å²) in [5, 5.41) is 12.4. The molecule has 29 heavy (non-hydrogen) atoms. The van der Waals surface area contributed by atoms with Gasteiger partial charge in [0, 0.05) is 22.8 Å². The van der Waals surface area contributed by atoms with Gasteiger partial charge in [-0.3, -0.25) is 4.79 Å². The number of nitriles is 1. The molecule has 0 fully saturated rings. The van der Waals surface area contributed by atoms with Crippen LogP contribution in [0.3, 0.4) is 0 Å². The van der Waals surface area contributed by atoms with E-state index in [4.69, 9.17) is 0 Å². The summed E-state index contributed by atoms with van der Waals surface area (Å²) in [6.45, 7) is 10.0. The second kappa shape index (κ2) is 8.20. The maximum absolute atomic E-state index is 12.7. The van der Waals surface area contributed by atoms with Crippen molar-refractivity contribution in [3.63, 3.8) is 0 Å². The maximum Gasteiger partial charge on any atom is 0.266 e. The summed E-state index contributed by atoms with van der Waals surface area (Å²) in [4.78, 5) is 12.7. The van der Waals surface area contributed by atoms with E-state index in [1.165, 1.54) is 5.56 Å². The van der Waals surface area contributed by atoms with E-state index in [0.29, 0.717) is 5.69 Å². The normalized spacial score (nSPS) is 11.2. The quantitative estimate of drug-likeness (QED) is 0.473. The van der Waals surface area contributed by atoms with E-state index in [1.54, 1.807) is 6.08 Å². The third-order valence-electron chi connectivity index (χ3n) is 5.06. The molecule has 3 rings (SSSR count). The van der Waals surface area contributed by atoms with E-state index in [0.717, 1.165) is 33.8 Å². The summed E-state index contributed by atoms with van der Waals surface area (Å²) < 4.78 is 2.13. The van der Waals surface area contributed by atoms with Crippen LogP contribution in [0, 0.1) is 45.9 Å². The molecule has 4 nitrogen and oxygen atoms in total. The van der Waals surface area contributed by atoms with E-state index in [2.05, 4.69) is 41.1 Å². The van der Waals surface area contributed by atoms with Gasteiger partial charge in [0.1, 0.15) is 11.6 Å². The molecule has 0 bridgehead atoms. The van der Waals surface area contributed by atoms with Crippen molar-refractivity contribution < 1.29 is 4.79 Å². The Morgan fingerprint density at radius 3 is 2.24 bits per heavy atom. The molecule has 1 aromatic heterocycles. The molecule has 0 aliphatic heterocycles. The highest BCUT2D eigenvalue weighted by atomic mass is 16.1. The second-order valence-corrected chi connectivity index (χ2v) is 7.44. The van der Waals surface area contributed by atoms with E-state index < -0.39 is 5.91 Å². The first-order valence-corrected chi connectivity index (χ1v) is 9.56. The number of rotatable bonds is 4. The Morgan fingerprint density at radius 2 is 1.62 bits per heavy atom. The molecule has 4 heteroatoms. The van der Waals surface area contributed by atoms with Gasteiger partial charge < -0.3 is 9.88 Å². The molecule has 0 saturated carbocycles. The Kier molecular flexibility index (Phi) is 5.70. The van der Waals surface area contributed by atoms with Crippen LogP contribution in [0.4, 0.5) is 5.69 Å². The lowest BCUT2D eigenvalue weighted by atomic mass is 10.1. The van der Waals surface area contributed by atoms with Gasteiger partial charge in [-0.1, -0.05) is 35.4 Å². The number of nitrogens with zero attached hydrogens (tertiary/aromatic N) is 2. The van der Waals surface area contributed by atoms with Gasteiger partial charge in [-0.2, -0.15) is 5.26 Å². The number of hydrogen-bond donors (Lipinski definition) is 1. The number of carbonyl (C=O) groups is 1. The zero-order valence-electron chi connectivity index (χ0n) is 17.5. The molecular weight excluding hydrogens is 358 g/mol. The van der Waals surface area contributed by atoms with E-state index >= 15 is 0 Å². The van der Waals surface area contributed by atoms with Crippen molar-refractivity contribution in [1.29, 1.82) is 5.26 Å². The van der Waals surface area contributed by atoms with Crippen LogP contribution in [-0.2, 0) is 4.79 Å². The highest BCUT2D eigenvalue weighted by Crippen LogP contribution is 2.24. The number of aryl methyl sites for hydroxylation is 4. The van der Waals surface area contributed by atoms with Crippen molar-refractivity contribution in [1.82, 2.24) is 4.57 Å². The zero-order chi connectivity index (χ0) is 21.1.